The number of aliphatic hydroxyl groups excluding tert-OH is 1. The summed E-state index contributed by atoms with van der Waals surface area (Å²) in [4.78, 5) is 2.43. The topological polar surface area (TPSA) is 23.5 Å². The molecule has 1 saturated heterocycles. The fourth-order valence-corrected chi connectivity index (χ4v) is 3.16. The van der Waals surface area contributed by atoms with E-state index in [1.165, 1.54) is 29.5 Å². The first kappa shape index (κ1) is 14.5. The van der Waals surface area contributed by atoms with Gasteiger partial charge in [0.1, 0.15) is 0 Å². The van der Waals surface area contributed by atoms with Crippen LogP contribution in [0.25, 0.3) is 0 Å². The van der Waals surface area contributed by atoms with E-state index in [0.29, 0.717) is 0 Å². The Morgan fingerprint density at radius 2 is 1.63 bits per heavy atom. The van der Waals surface area contributed by atoms with Crippen LogP contribution in [0, 0.1) is 13.8 Å². The summed E-state index contributed by atoms with van der Waals surface area (Å²) in [7, 11) is 0. The Hall–Kier alpha value is -0.860. The molecule has 2 heteroatoms. The highest BCUT2D eigenvalue weighted by atomic mass is 16.3. The summed E-state index contributed by atoms with van der Waals surface area (Å²) in [5, 5.41) is 10.6. The number of aliphatic hydroxyl groups is 1. The van der Waals surface area contributed by atoms with Crippen LogP contribution in [0.5, 0.6) is 0 Å². The van der Waals surface area contributed by atoms with Crippen molar-refractivity contribution in [3.8, 4) is 0 Å². The van der Waals surface area contributed by atoms with Crippen LogP contribution in [-0.4, -0.2) is 34.7 Å². The molecule has 2 rings (SSSR count). The molecule has 0 saturated carbocycles. The van der Waals surface area contributed by atoms with Gasteiger partial charge in [-0.3, -0.25) is 4.90 Å². The molecule has 0 spiro atoms. The number of likely N-dealkylation sites (tertiary alicyclic amines) is 1. The van der Waals surface area contributed by atoms with Crippen molar-refractivity contribution in [1.82, 2.24) is 4.90 Å². The number of aryl methyl sites for hydroxylation is 2. The SMILES string of the molecule is Cc1cc(C)cc(CC(O)C(C)(C)N2CCCC2)c1. The van der Waals surface area contributed by atoms with Crippen LogP contribution < -0.4 is 0 Å². The van der Waals surface area contributed by atoms with Gasteiger partial charge in [0.05, 0.1) is 6.10 Å². The highest BCUT2D eigenvalue weighted by Crippen LogP contribution is 2.26. The Kier molecular flexibility index (Phi) is 4.32. The van der Waals surface area contributed by atoms with Gasteiger partial charge in [0.15, 0.2) is 0 Å². The second kappa shape index (κ2) is 5.64. The first-order valence-corrected chi connectivity index (χ1v) is 7.40. The van der Waals surface area contributed by atoms with E-state index in [-0.39, 0.29) is 11.6 Å². The van der Waals surface area contributed by atoms with E-state index in [9.17, 15) is 5.11 Å². The van der Waals surface area contributed by atoms with Gasteiger partial charge in [-0.2, -0.15) is 0 Å². The standard InChI is InChI=1S/C17H27NO/c1-13-9-14(2)11-15(10-13)12-16(19)17(3,4)18-7-5-6-8-18/h9-11,16,19H,5-8,12H2,1-4H3. The lowest BCUT2D eigenvalue weighted by Crippen LogP contribution is -2.51. The van der Waals surface area contributed by atoms with E-state index in [2.05, 4.69) is 50.8 Å². The van der Waals surface area contributed by atoms with Gasteiger partial charge in [0.2, 0.25) is 0 Å². The third kappa shape index (κ3) is 3.37. The number of rotatable bonds is 4. The van der Waals surface area contributed by atoms with Gasteiger partial charge in [-0.15, -0.1) is 0 Å². The smallest absolute Gasteiger partial charge is 0.0758 e. The summed E-state index contributed by atoms with van der Waals surface area (Å²) in [6.45, 7) is 10.8. The quantitative estimate of drug-likeness (QED) is 0.900. The van der Waals surface area contributed by atoms with Crippen molar-refractivity contribution >= 4 is 0 Å². The molecule has 1 aliphatic rings. The van der Waals surface area contributed by atoms with Gasteiger partial charge in [-0.1, -0.05) is 29.3 Å². The lowest BCUT2D eigenvalue weighted by molar-refractivity contribution is 0.00336. The fourth-order valence-electron chi connectivity index (χ4n) is 3.16. The van der Waals surface area contributed by atoms with Gasteiger partial charge in [0, 0.05) is 12.0 Å². The van der Waals surface area contributed by atoms with Crippen molar-refractivity contribution in [2.75, 3.05) is 13.1 Å². The molecule has 1 heterocycles. The number of hydrogen-bond donors (Lipinski definition) is 1. The minimum absolute atomic E-state index is 0.131. The molecule has 1 aliphatic heterocycles. The molecule has 0 aromatic heterocycles. The van der Waals surface area contributed by atoms with Crippen LogP contribution in [0.15, 0.2) is 18.2 Å². The maximum atomic E-state index is 10.6. The van der Waals surface area contributed by atoms with E-state index >= 15 is 0 Å². The number of hydrogen-bond acceptors (Lipinski definition) is 2. The Morgan fingerprint density at radius 1 is 1.11 bits per heavy atom. The first-order valence-electron chi connectivity index (χ1n) is 7.40. The third-order valence-corrected chi connectivity index (χ3v) is 4.45. The fraction of sp³-hybridized carbons (Fsp3) is 0.647. The zero-order valence-electron chi connectivity index (χ0n) is 12.7. The lowest BCUT2D eigenvalue weighted by atomic mass is 9.89. The summed E-state index contributed by atoms with van der Waals surface area (Å²) < 4.78 is 0. The molecule has 0 amide bonds. The van der Waals surface area contributed by atoms with Crippen molar-refractivity contribution in [3.05, 3.63) is 34.9 Å². The van der Waals surface area contributed by atoms with Crippen molar-refractivity contribution < 1.29 is 5.11 Å². The summed E-state index contributed by atoms with van der Waals surface area (Å²) in [6, 6.07) is 6.56. The van der Waals surface area contributed by atoms with Crippen LogP contribution in [0.4, 0.5) is 0 Å². The summed E-state index contributed by atoms with van der Waals surface area (Å²) >= 11 is 0. The molecule has 1 atom stereocenters. The van der Waals surface area contributed by atoms with Gasteiger partial charge in [-0.05, 0) is 59.2 Å². The zero-order valence-corrected chi connectivity index (χ0v) is 12.7. The average Bonchev–Trinajstić information content (AvgIpc) is 2.80. The van der Waals surface area contributed by atoms with Crippen molar-refractivity contribution in [2.45, 2.75) is 58.6 Å². The second-order valence-corrected chi connectivity index (χ2v) is 6.56. The van der Waals surface area contributed by atoms with Crippen LogP contribution in [0.3, 0.4) is 0 Å². The Morgan fingerprint density at radius 3 is 2.16 bits per heavy atom. The van der Waals surface area contributed by atoms with Gasteiger partial charge in [-0.25, -0.2) is 0 Å². The minimum atomic E-state index is -0.313. The van der Waals surface area contributed by atoms with E-state index in [1.54, 1.807) is 0 Å². The molecule has 1 unspecified atom stereocenters. The van der Waals surface area contributed by atoms with E-state index in [1.807, 2.05) is 0 Å². The van der Waals surface area contributed by atoms with E-state index in [4.69, 9.17) is 0 Å². The molecule has 0 aliphatic carbocycles. The monoisotopic (exact) mass is 261 g/mol. The molecule has 0 radical (unpaired) electrons. The molecule has 1 fully saturated rings. The summed E-state index contributed by atoms with van der Waals surface area (Å²) in [5.41, 5.74) is 3.67. The predicted molar refractivity (Wildman–Crippen MR) is 80.5 cm³/mol. The van der Waals surface area contributed by atoms with E-state index < -0.39 is 0 Å². The molecule has 1 N–H and O–H groups in total. The molecule has 1 aromatic carbocycles. The second-order valence-electron chi connectivity index (χ2n) is 6.56. The normalized spacial score (nSPS) is 18.8. The molecular weight excluding hydrogens is 234 g/mol. The first-order chi connectivity index (χ1) is 8.89. The summed E-state index contributed by atoms with van der Waals surface area (Å²) in [5.74, 6) is 0. The van der Waals surface area contributed by atoms with Crippen LogP contribution in [0.1, 0.15) is 43.4 Å². The molecule has 106 valence electrons. The van der Waals surface area contributed by atoms with Crippen molar-refractivity contribution in [1.29, 1.82) is 0 Å². The predicted octanol–water partition coefficient (Wildman–Crippen LogP) is 3.08. The van der Waals surface area contributed by atoms with Crippen LogP contribution in [0.2, 0.25) is 0 Å². The van der Waals surface area contributed by atoms with Crippen molar-refractivity contribution in [3.63, 3.8) is 0 Å². The minimum Gasteiger partial charge on any atom is -0.391 e. The van der Waals surface area contributed by atoms with Gasteiger partial charge in [0.25, 0.3) is 0 Å². The molecule has 19 heavy (non-hydrogen) atoms. The highest BCUT2D eigenvalue weighted by Gasteiger charge is 2.35. The molecular formula is C17H27NO. The maximum Gasteiger partial charge on any atom is 0.0758 e. The third-order valence-electron chi connectivity index (χ3n) is 4.45. The Labute approximate surface area is 117 Å². The van der Waals surface area contributed by atoms with Crippen LogP contribution >= 0.6 is 0 Å². The number of benzene rings is 1. The Balaban J connectivity index is 2.08. The van der Waals surface area contributed by atoms with Gasteiger partial charge >= 0.3 is 0 Å². The molecule has 0 bridgehead atoms. The maximum absolute atomic E-state index is 10.6. The van der Waals surface area contributed by atoms with E-state index in [0.717, 1.165) is 19.5 Å². The molecule has 1 aromatic rings. The lowest BCUT2D eigenvalue weighted by Gasteiger charge is -2.39. The van der Waals surface area contributed by atoms with Gasteiger partial charge < -0.3 is 5.11 Å². The van der Waals surface area contributed by atoms with Crippen molar-refractivity contribution in [2.24, 2.45) is 0 Å². The zero-order chi connectivity index (χ0) is 14.0. The Bertz CT molecular complexity index is 413. The molecule has 2 nitrogen and oxygen atoms in total. The highest BCUT2D eigenvalue weighted by molar-refractivity contribution is 5.29. The number of nitrogens with zero attached hydrogens (tertiary/aromatic N) is 1. The average molecular weight is 261 g/mol. The largest absolute Gasteiger partial charge is 0.391 e. The summed E-state index contributed by atoms with van der Waals surface area (Å²) in [6.07, 6.45) is 2.96. The van der Waals surface area contributed by atoms with Crippen LogP contribution in [-0.2, 0) is 6.42 Å².